The monoisotopic (exact) mass is 501 g/mol. The SMILES string of the molecule is Cc1c(Oc2ccc(Cl)c(F)c2C(=O)Nc2ccnc(C(N)=O)c2)ccc(OC(F)(F)F)c1F. The number of pyridine rings is 1. The number of carbonyl (C=O) groups excluding carboxylic acids is 2. The second-order valence-corrected chi connectivity index (χ2v) is 7.04. The van der Waals surface area contributed by atoms with Crippen LogP contribution in [-0.4, -0.2) is 23.2 Å². The van der Waals surface area contributed by atoms with Crippen molar-refractivity contribution in [3.05, 3.63) is 76.1 Å². The largest absolute Gasteiger partial charge is 0.573 e. The number of hydrogen-bond donors (Lipinski definition) is 2. The summed E-state index contributed by atoms with van der Waals surface area (Å²) < 4.78 is 75.5. The van der Waals surface area contributed by atoms with Gasteiger partial charge in [0.2, 0.25) is 0 Å². The zero-order valence-corrected chi connectivity index (χ0v) is 17.7. The number of benzene rings is 2. The first kappa shape index (κ1) is 24.7. The van der Waals surface area contributed by atoms with Crippen LogP contribution in [-0.2, 0) is 0 Å². The van der Waals surface area contributed by atoms with Crippen molar-refractivity contribution in [2.45, 2.75) is 13.3 Å². The smallest absolute Gasteiger partial charge is 0.456 e. The summed E-state index contributed by atoms with van der Waals surface area (Å²) in [5.74, 6) is -6.32. The van der Waals surface area contributed by atoms with E-state index in [0.29, 0.717) is 6.07 Å². The Morgan fingerprint density at radius 1 is 1.03 bits per heavy atom. The van der Waals surface area contributed by atoms with E-state index in [-0.39, 0.29) is 17.1 Å². The molecule has 0 bridgehead atoms. The molecule has 0 fully saturated rings. The third-order valence-corrected chi connectivity index (χ3v) is 4.59. The van der Waals surface area contributed by atoms with E-state index >= 15 is 0 Å². The lowest BCUT2D eigenvalue weighted by Gasteiger charge is -2.16. The summed E-state index contributed by atoms with van der Waals surface area (Å²) >= 11 is 5.78. The molecular weight excluding hydrogens is 489 g/mol. The maximum atomic E-state index is 14.8. The van der Waals surface area contributed by atoms with Gasteiger partial charge in [-0.05, 0) is 43.3 Å². The average molecular weight is 502 g/mol. The van der Waals surface area contributed by atoms with E-state index in [1.54, 1.807) is 0 Å². The number of rotatable bonds is 6. The molecule has 0 aliphatic carbocycles. The fourth-order valence-electron chi connectivity index (χ4n) is 2.74. The van der Waals surface area contributed by atoms with Gasteiger partial charge in [0, 0.05) is 17.4 Å². The Balaban J connectivity index is 1.96. The number of nitrogens with zero attached hydrogens (tertiary/aromatic N) is 1. The highest BCUT2D eigenvalue weighted by Gasteiger charge is 2.33. The fourth-order valence-corrected chi connectivity index (χ4v) is 2.90. The van der Waals surface area contributed by atoms with Crippen molar-refractivity contribution in [1.82, 2.24) is 4.98 Å². The molecule has 13 heteroatoms. The minimum Gasteiger partial charge on any atom is -0.456 e. The molecule has 0 saturated heterocycles. The predicted octanol–water partition coefficient (Wildman–Crippen LogP) is 5.36. The Bertz CT molecular complexity index is 1280. The highest BCUT2D eigenvalue weighted by molar-refractivity contribution is 6.31. The summed E-state index contributed by atoms with van der Waals surface area (Å²) in [7, 11) is 0. The quantitative estimate of drug-likeness (QED) is 0.442. The third-order valence-electron chi connectivity index (χ3n) is 4.30. The summed E-state index contributed by atoms with van der Waals surface area (Å²) in [4.78, 5) is 27.8. The normalized spacial score (nSPS) is 11.1. The summed E-state index contributed by atoms with van der Waals surface area (Å²) in [6.45, 7) is 1.10. The first-order valence-corrected chi connectivity index (χ1v) is 9.53. The molecule has 3 N–H and O–H groups in total. The van der Waals surface area contributed by atoms with E-state index in [4.69, 9.17) is 22.1 Å². The summed E-state index contributed by atoms with van der Waals surface area (Å²) in [5.41, 5.74) is 3.91. The van der Waals surface area contributed by atoms with E-state index < -0.39 is 57.5 Å². The van der Waals surface area contributed by atoms with Gasteiger partial charge in [0.1, 0.15) is 22.8 Å². The number of alkyl halides is 3. The molecule has 0 atom stereocenters. The predicted molar refractivity (Wildman–Crippen MR) is 110 cm³/mol. The highest BCUT2D eigenvalue weighted by Crippen LogP contribution is 2.37. The molecule has 1 heterocycles. The van der Waals surface area contributed by atoms with Crippen molar-refractivity contribution in [1.29, 1.82) is 0 Å². The Kier molecular flexibility index (Phi) is 6.91. The number of hydrogen-bond acceptors (Lipinski definition) is 5. The van der Waals surface area contributed by atoms with Crippen LogP contribution in [0, 0.1) is 18.6 Å². The maximum Gasteiger partial charge on any atom is 0.573 e. The Labute approximate surface area is 193 Å². The molecule has 178 valence electrons. The van der Waals surface area contributed by atoms with Crippen molar-refractivity contribution >= 4 is 29.1 Å². The standard InChI is InChI=1S/C21H13ClF5N3O4/c1-9-13(4-5-15(17(9)23)34-21(25,26)27)33-14-3-2-11(22)18(24)16(14)20(32)30-10-6-7-29-12(8-10)19(28)31/h2-8H,1H3,(H2,28,31)(H,29,30,32). The molecule has 0 unspecified atom stereocenters. The number of amides is 2. The molecule has 7 nitrogen and oxygen atoms in total. The van der Waals surface area contributed by atoms with Gasteiger partial charge in [-0.25, -0.2) is 8.78 Å². The van der Waals surface area contributed by atoms with Crippen LogP contribution in [0.25, 0.3) is 0 Å². The fraction of sp³-hybridized carbons (Fsp3) is 0.0952. The van der Waals surface area contributed by atoms with Gasteiger partial charge in [0.15, 0.2) is 17.4 Å². The van der Waals surface area contributed by atoms with Crippen molar-refractivity contribution in [2.24, 2.45) is 5.73 Å². The highest BCUT2D eigenvalue weighted by atomic mass is 35.5. The zero-order chi connectivity index (χ0) is 25.2. The van der Waals surface area contributed by atoms with Gasteiger partial charge in [0.25, 0.3) is 11.8 Å². The topological polar surface area (TPSA) is 104 Å². The molecule has 2 amide bonds. The van der Waals surface area contributed by atoms with Crippen LogP contribution in [0.3, 0.4) is 0 Å². The van der Waals surface area contributed by atoms with Gasteiger partial charge in [-0.3, -0.25) is 14.6 Å². The van der Waals surface area contributed by atoms with E-state index in [1.807, 2.05) is 0 Å². The van der Waals surface area contributed by atoms with Crippen molar-refractivity contribution < 1.29 is 41.0 Å². The Morgan fingerprint density at radius 2 is 1.68 bits per heavy atom. The second kappa shape index (κ2) is 9.51. The van der Waals surface area contributed by atoms with Crippen LogP contribution >= 0.6 is 11.6 Å². The van der Waals surface area contributed by atoms with E-state index in [0.717, 1.165) is 31.2 Å². The maximum absolute atomic E-state index is 14.8. The number of nitrogens with one attached hydrogen (secondary N) is 1. The van der Waals surface area contributed by atoms with Gasteiger partial charge in [0.05, 0.1) is 5.02 Å². The van der Waals surface area contributed by atoms with Gasteiger partial charge in [-0.2, -0.15) is 0 Å². The van der Waals surface area contributed by atoms with Gasteiger partial charge in [-0.15, -0.1) is 13.2 Å². The lowest BCUT2D eigenvalue weighted by atomic mass is 10.1. The molecular formula is C21H13ClF5N3O4. The molecule has 34 heavy (non-hydrogen) atoms. The number of primary amides is 1. The average Bonchev–Trinajstić information content (AvgIpc) is 2.75. The van der Waals surface area contributed by atoms with Crippen LogP contribution in [0.5, 0.6) is 17.2 Å². The summed E-state index contributed by atoms with van der Waals surface area (Å²) in [6, 6.07) is 6.23. The number of aromatic nitrogens is 1. The summed E-state index contributed by atoms with van der Waals surface area (Å²) in [5, 5.41) is 1.88. The van der Waals surface area contributed by atoms with Crippen LogP contribution in [0.15, 0.2) is 42.6 Å². The van der Waals surface area contributed by atoms with Crippen molar-refractivity contribution in [2.75, 3.05) is 5.32 Å². The minimum atomic E-state index is -5.12. The van der Waals surface area contributed by atoms with Crippen molar-refractivity contribution in [3.8, 4) is 17.2 Å². The molecule has 2 aromatic carbocycles. The molecule has 0 spiro atoms. The van der Waals surface area contributed by atoms with Crippen molar-refractivity contribution in [3.63, 3.8) is 0 Å². The van der Waals surface area contributed by atoms with E-state index in [1.165, 1.54) is 12.3 Å². The summed E-state index contributed by atoms with van der Waals surface area (Å²) in [6.07, 6.45) is -3.94. The lowest BCUT2D eigenvalue weighted by Crippen LogP contribution is -2.18. The molecule has 0 aliphatic rings. The van der Waals surface area contributed by atoms with Gasteiger partial charge >= 0.3 is 6.36 Å². The Morgan fingerprint density at radius 3 is 2.32 bits per heavy atom. The number of anilines is 1. The molecule has 0 aliphatic heterocycles. The first-order chi connectivity index (χ1) is 15.9. The van der Waals surface area contributed by atoms with E-state index in [2.05, 4.69) is 15.0 Å². The van der Waals surface area contributed by atoms with Crippen LogP contribution in [0.4, 0.5) is 27.6 Å². The Hall–Kier alpha value is -3.93. The molecule has 3 aromatic rings. The number of carbonyl (C=O) groups is 2. The van der Waals surface area contributed by atoms with Gasteiger partial charge in [-0.1, -0.05) is 11.6 Å². The van der Waals surface area contributed by atoms with Crippen LogP contribution in [0.1, 0.15) is 26.4 Å². The van der Waals surface area contributed by atoms with Crippen LogP contribution in [0.2, 0.25) is 5.02 Å². The number of halogens is 6. The lowest BCUT2D eigenvalue weighted by molar-refractivity contribution is -0.275. The number of nitrogens with two attached hydrogens (primary N) is 1. The van der Waals surface area contributed by atoms with Crippen LogP contribution < -0.4 is 20.5 Å². The third kappa shape index (κ3) is 5.52. The molecule has 0 saturated carbocycles. The first-order valence-electron chi connectivity index (χ1n) is 9.15. The molecule has 0 radical (unpaired) electrons. The molecule has 3 rings (SSSR count). The number of ether oxygens (including phenoxy) is 2. The van der Waals surface area contributed by atoms with Gasteiger partial charge < -0.3 is 20.5 Å². The van der Waals surface area contributed by atoms with E-state index in [9.17, 15) is 31.5 Å². The minimum absolute atomic E-state index is 0.0370. The zero-order valence-electron chi connectivity index (χ0n) is 17.0. The molecule has 1 aromatic heterocycles. The second-order valence-electron chi connectivity index (χ2n) is 6.63.